The quantitative estimate of drug-likeness (QED) is 0.582. The summed E-state index contributed by atoms with van der Waals surface area (Å²) in [5, 5.41) is -0.551. The molecule has 0 aromatic heterocycles. The van der Waals surface area contributed by atoms with Gasteiger partial charge in [-0.25, -0.2) is 0 Å². The van der Waals surface area contributed by atoms with Gasteiger partial charge in [-0.2, -0.15) is 13.2 Å². The van der Waals surface area contributed by atoms with Crippen molar-refractivity contribution in [3.63, 3.8) is 0 Å². The average molecular weight is 291 g/mol. The minimum Gasteiger partial charge on any atom is -0.293 e. The third kappa shape index (κ3) is 2.62. The lowest BCUT2D eigenvalue weighted by atomic mass is 10.0. The lowest BCUT2D eigenvalue weighted by molar-refractivity contribution is -0.137. The third-order valence-electron chi connectivity index (χ3n) is 1.80. The number of hydrogen-bond donors (Lipinski definition) is 0. The van der Waals surface area contributed by atoms with Crippen LogP contribution in [0.15, 0.2) is 12.1 Å². The Morgan fingerprint density at radius 3 is 2.25 bits per heavy atom. The Balaban J connectivity index is 3.51. The van der Waals surface area contributed by atoms with E-state index in [0.717, 1.165) is 6.07 Å². The Morgan fingerprint density at radius 2 is 1.81 bits per heavy atom. The molecule has 1 nitrogen and oxygen atoms in total. The summed E-state index contributed by atoms with van der Waals surface area (Å²) < 4.78 is 37.7. The Hall–Kier alpha value is -0.450. The second kappa shape index (κ2) is 4.82. The van der Waals surface area contributed by atoms with Crippen molar-refractivity contribution in [2.24, 2.45) is 0 Å². The van der Waals surface area contributed by atoms with Crippen molar-refractivity contribution in [1.29, 1.82) is 0 Å². The van der Waals surface area contributed by atoms with E-state index in [2.05, 4.69) is 0 Å². The molecule has 0 N–H and O–H groups in total. The summed E-state index contributed by atoms with van der Waals surface area (Å²) in [7, 11) is 0. The first-order valence-corrected chi connectivity index (χ1v) is 5.22. The molecule has 0 atom stereocenters. The number of halogens is 6. The molecule has 16 heavy (non-hydrogen) atoms. The summed E-state index contributed by atoms with van der Waals surface area (Å²) in [6.07, 6.45) is -4.68. The molecule has 0 unspecified atom stereocenters. The van der Waals surface area contributed by atoms with Gasteiger partial charge >= 0.3 is 6.18 Å². The van der Waals surface area contributed by atoms with Crippen LogP contribution >= 0.6 is 34.8 Å². The van der Waals surface area contributed by atoms with E-state index in [1.165, 1.54) is 0 Å². The van der Waals surface area contributed by atoms with Crippen LogP contribution in [0.25, 0.3) is 0 Å². The zero-order valence-corrected chi connectivity index (χ0v) is 9.81. The Bertz CT molecular complexity index is 429. The van der Waals surface area contributed by atoms with E-state index in [1.807, 2.05) is 0 Å². The number of benzene rings is 1. The van der Waals surface area contributed by atoms with Gasteiger partial charge in [-0.1, -0.05) is 23.2 Å². The number of rotatable bonds is 2. The molecule has 0 aliphatic rings. The first-order chi connectivity index (χ1) is 7.29. The predicted octanol–water partition coefficient (Wildman–Crippen LogP) is 4.43. The summed E-state index contributed by atoms with van der Waals surface area (Å²) in [4.78, 5) is 11.3. The fourth-order valence-corrected chi connectivity index (χ4v) is 1.69. The monoisotopic (exact) mass is 290 g/mol. The van der Waals surface area contributed by atoms with Gasteiger partial charge in [0.2, 0.25) is 0 Å². The molecule has 0 aliphatic carbocycles. The van der Waals surface area contributed by atoms with Crippen molar-refractivity contribution < 1.29 is 18.0 Å². The van der Waals surface area contributed by atoms with E-state index in [-0.39, 0.29) is 5.02 Å². The molecule has 0 saturated heterocycles. The van der Waals surface area contributed by atoms with Gasteiger partial charge in [0, 0.05) is 0 Å². The number of carbonyl (C=O) groups is 1. The van der Waals surface area contributed by atoms with Crippen molar-refractivity contribution >= 4 is 40.6 Å². The molecule has 0 aliphatic heterocycles. The van der Waals surface area contributed by atoms with Gasteiger partial charge in [0.05, 0.1) is 27.1 Å². The molecule has 0 amide bonds. The highest BCUT2D eigenvalue weighted by Gasteiger charge is 2.36. The van der Waals surface area contributed by atoms with Crippen molar-refractivity contribution in [2.45, 2.75) is 6.18 Å². The van der Waals surface area contributed by atoms with Crippen molar-refractivity contribution in [2.75, 3.05) is 5.88 Å². The summed E-state index contributed by atoms with van der Waals surface area (Å²) in [5.74, 6) is -1.51. The molecule has 1 rings (SSSR count). The van der Waals surface area contributed by atoms with Gasteiger partial charge in [0.15, 0.2) is 5.78 Å². The summed E-state index contributed by atoms with van der Waals surface area (Å²) in [6, 6.07) is 1.69. The maximum Gasteiger partial charge on any atom is 0.417 e. The van der Waals surface area contributed by atoms with E-state index in [0.29, 0.717) is 6.07 Å². The van der Waals surface area contributed by atoms with Crippen LogP contribution in [0, 0.1) is 0 Å². The molecule has 1 aromatic carbocycles. The first kappa shape index (κ1) is 13.6. The molecule has 7 heteroatoms. The SMILES string of the molecule is O=C(CCl)c1c(C(F)(F)F)ccc(Cl)c1Cl. The van der Waals surface area contributed by atoms with E-state index in [9.17, 15) is 18.0 Å². The van der Waals surface area contributed by atoms with E-state index in [4.69, 9.17) is 34.8 Å². The van der Waals surface area contributed by atoms with Gasteiger partial charge in [0.25, 0.3) is 0 Å². The lowest BCUT2D eigenvalue weighted by Crippen LogP contribution is -2.14. The fourth-order valence-electron chi connectivity index (χ4n) is 1.13. The number of carbonyl (C=O) groups excluding carboxylic acids is 1. The minimum atomic E-state index is -4.68. The number of hydrogen-bond acceptors (Lipinski definition) is 1. The van der Waals surface area contributed by atoms with Crippen LogP contribution in [0.2, 0.25) is 10.0 Å². The van der Waals surface area contributed by atoms with Crippen molar-refractivity contribution in [1.82, 2.24) is 0 Å². The molecular weight excluding hydrogens is 287 g/mol. The molecule has 1 aromatic rings. The average Bonchev–Trinajstić information content (AvgIpc) is 2.19. The van der Waals surface area contributed by atoms with Gasteiger partial charge in [-0.05, 0) is 12.1 Å². The minimum absolute atomic E-state index is 0.122. The highest BCUT2D eigenvalue weighted by molar-refractivity contribution is 6.45. The molecule has 0 fully saturated rings. The van der Waals surface area contributed by atoms with E-state index >= 15 is 0 Å². The maximum atomic E-state index is 12.6. The fraction of sp³-hybridized carbons (Fsp3) is 0.222. The predicted molar refractivity (Wildman–Crippen MR) is 56.5 cm³/mol. The Labute approximate surface area is 104 Å². The second-order valence-electron chi connectivity index (χ2n) is 2.84. The van der Waals surface area contributed by atoms with Crippen molar-refractivity contribution in [3.8, 4) is 0 Å². The number of alkyl halides is 4. The van der Waals surface area contributed by atoms with Gasteiger partial charge in [-0.3, -0.25) is 4.79 Å². The van der Waals surface area contributed by atoms with Crippen LogP contribution in [0.3, 0.4) is 0 Å². The van der Waals surface area contributed by atoms with Gasteiger partial charge in [-0.15, -0.1) is 11.6 Å². The molecule has 88 valence electrons. The zero-order valence-electron chi connectivity index (χ0n) is 7.54. The third-order valence-corrected chi connectivity index (χ3v) is 2.85. The first-order valence-electron chi connectivity index (χ1n) is 3.93. The van der Waals surface area contributed by atoms with Crippen molar-refractivity contribution in [3.05, 3.63) is 33.3 Å². The van der Waals surface area contributed by atoms with Crippen LogP contribution in [0.5, 0.6) is 0 Å². The van der Waals surface area contributed by atoms with Crippen LogP contribution in [0.1, 0.15) is 15.9 Å². The van der Waals surface area contributed by atoms with E-state index < -0.39 is 34.0 Å². The van der Waals surface area contributed by atoms with Crippen LogP contribution < -0.4 is 0 Å². The lowest BCUT2D eigenvalue weighted by Gasteiger charge is -2.13. The second-order valence-corrected chi connectivity index (χ2v) is 3.89. The molecule has 0 spiro atoms. The Morgan fingerprint density at radius 1 is 1.25 bits per heavy atom. The zero-order chi connectivity index (χ0) is 12.5. The molecular formula is C9H4Cl3F3O. The summed E-state index contributed by atoms with van der Waals surface area (Å²) in [6.45, 7) is 0. The largest absolute Gasteiger partial charge is 0.417 e. The normalized spacial score (nSPS) is 11.6. The molecule has 0 heterocycles. The Kier molecular flexibility index (Phi) is 4.10. The van der Waals surface area contributed by atoms with Gasteiger partial charge in [0.1, 0.15) is 0 Å². The number of ketones is 1. The van der Waals surface area contributed by atoms with Crippen LogP contribution in [-0.4, -0.2) is 11.7 Å². The summed E-state index contributed by atoms with van der Waals surface area (Å²) >= 11 is 16.3. The standard InChI is InChI=1S/C9H4Cl3F3O/c10-3-6(16)7-4(9(13,14)15)1-2-5(11)8(7)12/h1-2H,3H2. The molecule has 0 saturated carbocycles. The van der Waals surface area contributed by atoms with E-state index in [1.54, 1.807) is 0 Å². The molecule has 0 bridgehead atoms. The van der Waals surface area contributed by atoms with Crippen LogP contribution in [0.4, 0.5) is 13.2 Å². The molecule has 0 radical (unpaired) electrons. The highest BCUT2D eigenvalue weighted by atomic mass is 35.5. The summed E-state index contributed by atoms with van der Waals surface area (Å²) in [5.41, 5.74) is -1.82. The maximum absolute atomic E-state index is 12.6. The van der Waals surface area contributed by atoms with Gasteiger partial charge < -0.3 is 0 Å². The highest BCUT2D eigenvalue weighted by Crippen LogP contribution is 2.38. The topological polar surface area (TPSA) is 17.1 Å². The smallest absolute Gasteiger partial charge is 0.293 e. The van der Waals surface area contributed by atoms with Crippen LogP contribution in [-0.2, 0) is 6.18 Å². The number of Topliss-reactive ketones (excluding diaryl/α,β-unsaturated/α-hetero) is 1.